The molecule has 0 bridgehead atoms. The van der Waals surface area contributed by atoms with Crippen molar-refractivity contribution in [1.82, 2.24) is 24.8 Å². The van der Waals surface area contributed by atoms with Gasteiger partial charge in [-0.25, -0.2) is 0 Å². The summed E-state index contributed by atoms with van der Waals surface area (Å²) in [5.74, 6) is 0.787. The van der Waals surface area contributed by atoms with E-state index >= 15 is 0 Å². The molecule has 3 heterocycles. The van der Waals surface area contributed by atoms with Crippen LogP contribution in [0, 0.1) is 0 Å². The Labute approximate surface area is 115 Å². The lowest BCUT2D eigenvalue weighted by Gasteiger charge is -1.95. The maximum absolute atomic E-state index is 4.61. The van der Waals surface area contributed by atoms with Gasteiger partial charge in [-0.1, -0.05) is 31.1 Å². The average molecular weight is 273 g/mol. The summed E-state index contributed by atoms with van der Waals surface area (Å²) in [5, 5.41) is 14.1. The molecule has 0 aliphatic heterocycles. The molecular weight excluding hydrogens is 258 g/mol. The predicted molar refractivity (Wildman–Crippen MR) is 75.1 cm³/mol. The Kier molecular flexibility index (Phi) is 3.50. The second-order valence-electron chi connectivity index (χ2n) is 4.41. The zero-order chi connectivity index (χ0) is 13.1. The van der Waals surface area contributed by atoms with Gasteiger partial charge in [0.25, 0.3) is 0 Å². The fourth-order valence-corrected chi connectivity index (χ4v) is 2.84. The third-order valence-electron chi connectivity index (χ3n) is 2.97. The van der Waals surface area contributed by atoms with Gasteiger partial charge in [-0.3, -0.25) is 4.98 Å². The van der Waals surface area contributed by atoms with E-state index in [4.69, 9.17) is 0 Å². The lowest BCUT2D eigenvalue weighted by atomic mass is 10.2. The van der Waals surface area contributed by atoms with Gasteiger partial charge in [0.15, 0.2) is 5.82 Å². The molecule has 0 fully saturated rings. The van der Waals surface area contributed by atoms with Crippen LogP contribution in [0.1, 0.15) is 31.2 Å². The third kappa shape index (κ3) is 2.49. The van der Waals surface area contributed by atoms with Gasteiger partial charge < -0.3 is 0 Å². The van der Waals surface area contributed by atoms with Crippen molar-refractivity contribution >= 4 is 16.3 Å². The molecule has 0 saturated carbocycles. The van der Waals surface area contributed by atoms with E-state index < -0.39 is 0 Å². The minimum atomic E-state index is 0.787. The van der Waals surface area contributed by atoms with Crippen LogP contribution in [0.5, 0.6) is 0 Å². The standard InChI is InChI=1S/C13H15N5S/c1-2-3-4-5-11-17-18-12(15-16-13(18)19-11)10-6-8-14-9-7-10/h6-9H,2-5H2,1H3. The van der Waals surface area contributed by atoms with Gasteiger partial charge in [0.05, 0.1) is 0 Å². The van der Waals surface area contributed by atoms with Crippen molar-refractivity contribution in [3.8, 4) is 11.4 Å². The molecule has 5 nitrogen and oxygen atoms in total. The molecule has 0 N–H and O–H groups in total. The van der Waals surface area contributed by atoms with E-state index in [1.165, 1.54) is 19.3 Å². The maximum Gasteiger partial charge on any atom is 0.234 e. The lowest BCUT2D eigenvalue weighted by Crippen LogP contribution is -1.93. The highest BCUT2D eigenvalue weighted by molar-refractivity contribution is 7.16. The van der Waals surface area contributed by atoms with Gasteiger partial charge in [-0.15, -0.1) is 10.2 Å². The highest BCUT2D eigenvalue weighted by Gasteiger charge is 2.12. The van der Waals surface area contributed by atoms with Crippen LogP contribution in [0.4, 0.5) is 0 Å². The summed E-state index contributed by atoms with van der Waals surface area (Å²) in [4.78, 5) is 4.87. The van der Waals surface area contributed by atoms with E-state index in [2.05, 4.69) is 27.2 Å². The van der Waals surface area contributed by atoms with E-state index in [9.17, 15) is 0 Å². The van der Waals surface area contributed by atoms with Gasteiger partial charge in [0, 0.05) is 24.4 Å². The molecular formula is C13H15N5S. The Bertz CT molecular complexity index is 658. The van der Waals surface area contributed by atoms with Crippen LogP contribution >= 0.6 is 11.3 Å². The molecule has 98 valence electrons. The molecule has 0 aliphatic rings. The van der Waals surface area contributed by atoms with E-state index in [0.717, 1.165) is 27.8 Å². The number of aromatic nitrogens is 5. The first-order valence-corrected chi connectivity index (χ1v) is 7.31. The number of fused-ring (bicyclic) bond motifs is 1. The molecule has 6 heteroatoms. The minimum absolute atomic E-state index is 0.787. The van der Waals surface area contributed by atoms with Crippen molar-refractivity contribution in [3.05, 3.63) is 29.5 Å². The molecule has 0 aliphatic carbocycles. The second-order valence-corrected chi connectivity index (χ2v) is 5.45. The van der Waals surface area contributed by atoms with Crippen molar-refractivity contribution < 1.29 is 0 Å². The van der Waals surface area contributed by atoms with Crippen molar-refractivity contribution in [2.75, 3.05) is 0 Å². The van der Waals surface area contributed by atoms with Crippen molar-refractivity contribution in [1.29, 1.82) is 0 Å². The molecule has 0 saturated heterocycles. The number of nitrogens with zero attached hydrogens (tertiary/aromatic N) is 5. The summed E-state index contributed by atoms with van der Waals surface area (Å²) in [5.41, 5.74) is 0.993. The van der Waals surface area contributed by atoms with E-state index in [1.807, 2.05) is 16.6 Å². The second kappa shape index (κ2) is 5.44. The summed E-state index contributed by atoms with van der Waals surface area (Å²) < 4.78 is 1.83. The van der Waals surface area contributed by atoms with E-state index in [1.54, 1.807) is 23.7 Å². The average Bonchev–Trinajstić information content (AvgIpc) is 3.00. The molecule has 0 amide bonds. The van der Waals surface area contributed by atoms with Crippen LogP contribution in [0.15, 0.2) is 24.5 Å². The van der Waals surface area contributed by atoms with Gasteiger partial charge in [0.1, 0.15) is 5.01 Å². The van der Waals surface area contributed by atoms with E-state index in [-0.39, 0.29) is 0 Å². The molecule has 19 heavy (non-hydrogen) atoms. The summed E-state index contributed by atoms with van der Waals surface area (Å²) in [6.07, 6.45) is 8.20. The normalized spacial score (nSPS) is 11.2. The number of aryl methyl sites for hydroxylation is 1. The molecule has 0 atom stereocenters. The lowest BCUT2D eigenvalue weighted by molar-refractivity contribution is 0.706. The van der Waals surface area contributed by atoms with Crippen LogP contribution in [0.2, 0.25) is 0 Å². The van der Waals surface area contributed by atoms with Crippen molar-refractivity contribution in [2.24, 2.45) is 0 Å². The van der Waals surface area contributed by atoms with Gasteiger partial charge in [-0.2, -0.15) is 9.61 Å². The Balaban J connectivity index is 1.90. The Morgan fingerprint density at radius 1 is 1.16 bits per heavy atom. The first-order valence-electron chi connectivity index (χ1n) is 6.50. The van der Waals surface area contributed by atoms with Gasteiger partial charge in [0.2, 0.25) is 4.96 Å². The van der Waals surface area contributed by atoms with E-state index in [0.29, 0.717) is 0 Å². The first kappa shape index (κ1) is 12.2. The molecule has 3 aromatic rings. The van der Waals surface area contributed by atoms with Crippen LogP contribution in [-0.2, 0) is 6.42 Å². The fourth-order valence-electron chi connectivity index (χ4n) is 1.96. The molecule has 0 spiro atoms. The van der Waals surface area contributed by atoms with Crippen LogP contribution in [0.3, 0.4) is 0 Å². The molecule has 0 aromatic carbocycles. The maximum atomic E-state index is 4.61. The number of hydrogen-bond acceptors (Lipinski definition) is 5. The highest BCUT2D eigenvalue weighted by Crippen LogP contribution is 2.21. The van der Waals surface area contributed by atoms with Crippen molar-refractivity contribution in [2.45, 2.75) is 32.6 Å². The monoisotopic (exact) mass is 273 g/mol. The number of rotatable bonds is 5. The van der Waals surface area contributed by atoms with Crippen LogP contribution in [-0.4, -0.2) is 24.8 Å². The molecule has 3 aromatic heterocycles. The molecule has 3 rings (SSSR count). The number of pyridine rings is 1. The topological polar surface area (TPSA) is 56.0 Å². The third-order valence-corrected chi connectivity index (χ3v) is 3.92. The zero-order valence-electron chi connectivity index (χ0n) is 10.8. The highest BCUT2D eigenvalue weighted by atomic mass is 32.1. The molecule has 0 unspecified atom stereocenters. The van der Waals surface area contributed by atoms with Gasteiger partial charge >= 0.3 is 0 Å². The minimum Gasteiger partial charge on any atom is -0.265 e. The quantitative estimate of drug-likeness (QED) is 0.671. The fraction of sp³-hybridized carbons (Fsp3) is 0.385. The Morgan fingerprint density at radius 3 is 2.79 bits per heavy atom. The van der Waals surface area contributed by atoms with Crippen LogP contribution < -0.4 is 0 Å². The molecule has 0 radical (unpaired) electrons. The Hall–Kier alpha value is -1.82. The van der Waals surface area contributed by atoms with Crippen LogP contribution in [0.25, 0.3) is 16.3 Å². The van der Waals surface area contributed by atoms with Gasteiger partial charge in [-0.05, 0) is 18.6 Å². The largest absolute Gasteiger partial charge is 0.265 e. The SMILES string of the molecule is CCCCCc1nn2c(-c3ccncc3)nnc2s1. The summed E-state index contributed by atoms with van der Waals surface area (Å²) in [6.45, 7) is 2.21. The summed E-state index contributed by atoms with van der Waals surface area (Å²) in [7, 11) is 0. The number of hydrogen-bond donors (Lipinski definition) is 0. The Morgan fingerprint density at radius 2 is 2.00 bits per heavy atom. The zero-order valence-corrected chi connectivity index (χ0v) is 11.6. The smallest absolute Gasteiger partial charge is 0.234 e. The first-order chi connectivity index (χ1) is 9.38. The summed E-state index contributed by atoms with van der Waals surface area (Å²) in [6, 6.07) is 3.85. The predicted octanol–water partition coefficient (Wildman–Crippen LogP) is 2.98. The summed E-state index contributed by atoms with van der Waals surface area (Å²) >= 11 is 1.63. The number of unbranched alkanes of at least 4 members (excludes halogenated alkanes) is 2. The van der Waals surface area contributed by atoms with Crippen molar-refractivity contribution in [3.63, 3.8) is 0 Å².